The Morgan fingerprint density at radius 1 is 1.35 bits per heavy atom. The summed E-state index contributed by atoms with van der Waals surface area (Å²) >= 11 is 0. The minimum atomic E-state index is -0.282. The van der Waals surface area contributed by atoms with Crippen LogP contribution in [0.15, 0.2) is 36.7 Å². The standard InChI is InChI=1S/C17H24N4O2/c1-20(2)11-9-15(22)19-16(17-18-10-12-21(17)3)13-5-7-14(23-4)8-6-13/h5-8,10,12,16H,9,11H2,1-4H3,(H,19,22). The van der Waals surface area contributed by atoms with E-state index in [9.17, 15) is 4.79 Å². The number of carbonyl (C=O) groups is 1. The van der Waals surface area contributed by atoms with E-state index in [2.05, 4.69) is 10.3 Å². The first-order chi connectivity index (χ1) is 11.0. The van der Waals surface area contributed by atoms with Crippen LogP contribution in [0.25, 0.3) is 0 Å². The van der Waals surface area contributed by atoms with Crippen molar-refractivity contribution in [1.29, 1.82) is 0 Å². The third-order valence-corrected chi connectivity index (χ3v) is 3.66. The van der Waals surface area contributed by atoms with Gasteiger partial charge in [-0.15, -0.1) is 0 Å². The lowest BCUT2D eigenvalue weighted by molar-refractivity contribution is -0.121. The molecule has 0 saturated carbocycles. The van der Waals surface area contributed by atoms with Crippen LogP contribution in [0.5, 0.6) is 5.75 Å². The highest BCUT2D eigenvalue weighted by Gasteiger charge is 2.20. The molecule has 1 aromatic carbocycles. The van der Waals surface area contributed by atoms with Crippen LogP contribution in [0.3, 0.4) is 0 Å². The third-order valence-electron chi connectivity index (χ3n) is 3.66. The molecule has 1 heterocycles. The number of nitrogens with one attached hydrogen (secondary N) is 1. The monoisotopic (exact) mass is 316 g/mol. The van der Waals surface area contributed by atoms with Crippen molar-refractivity contribution in [3.8, 4) is 5.75 Å². The number of hydrogen-bond donors (Lipinski definition) is 1. The lowest BCUT2D eigenvalue weighted by atomic mass is 10.1. The number of benzene rings is 1. The highest BCUT2D eigenvalue weighted by atomic mass is 16.5. The second kappa shape index (κ2) is 7.78. The van der Waals surface area contributed by atoms with Crippen molar-refractivity contribution in [1.82, 2.24) is 19.8 Å². The average Bonchev–Trinajstić information content (AvgIpc) is 2.96. The normalized spacial score (nSPS) is 12.2. The van der Waals surface area contributed by atoms with Gasteiger partial charge in [0.15, 0.2) is 0 Å². The summed E-state index contributed by atoms with van der Waals surface area (Å²) in [6.07, 6.45) is 4.06. The molecule has 0 bridgehead atoms. The largest absolute Gasteiger partial charge is 0.497 e. The molecule has 0 aliphatic rings. The van der Waals surface area contributed by atoms with Crippen molar-refractivity contribution in [2.24, 2.45) is 7.05 Å². The number of carbonyl (C=O) groups excluding carboxylic acids is 1. The molecule has 0 aliphatic carbocycles. The minimum Gasteiger partial charge on any atom is -0.497 e. The second-order valence-corrected chi connectivity index (χ2v) is 5.72. The summed E-state index contributed by atoms with van der Waals surface area (Å²) in [5, 5.41) is 3.08. The maximum absolute atomic E-state index is 12.3. The van der Waals surface area contributed by atoms with Gasteiger partial charge in [0.25, 0.3) is 0 Å². The van der Waals surface area contributed by atoms with Gasteiger partial charge >= 0.3 is 0 Å². The molecule has 6 heteroatoms. The van der Waals surface area contributed by atoms with E-state index < -0.39 is 0 Å². The van der Waals surface area contributed by atoms with E-state index in [0.29, 0.717) is 13.0 Å². The van der Waals surface area contributed by atoms with Gasteiger partial charge in [-0.05, 0) is 31.8 Å². The average molecular weight is 316 g/mol. The smallest absolute Gasteiger partial charge is 0.222 e. The van der Waals surface area contributed by atoms with Crippen LogP contribution in [0.4, 0.5) is 0 Å². The van der Waals surface area contributed by atoms with Crippen molar-refractivity contribution in [3.63, 3.8) is 0 Å². The van der Waals surface area contributed by atoms with Gasteiger partial charge in [-0.3, -0.25) is 4.79 Å². The molecular weight excluding hydrogens is 292 g/mol. The molecule has 0 radical (unpaired) electrons. The predicted octanol–water partition coefficient (Wildman–Crippen LogP) is 1.59. The molecule has 1 atom stereocenters. The van der Waals surface area contributed by atoms with E-state index in [4.69, 9.17) is 4.74 Å². The molecule has 1 aromatic heterocycles. The highest BCUT2D eigenvalue weighted by molar-refractivity contribution is 5.77. The molecule has 2 aromatic rings. The van der Waals surface area contributed by atoms with Gasteiger partial charge in [0.05, 0.1) is 7.11 Å². The highest BCUT2D eigenvalue weighted by Crippen LogP contribution is 2.23. The number of nitrogens with zero attached hydrogens (tertiary/aromatic N) is 3. The predicted molar refractivity (Wildman–Crippen MR) is 89.4 cm³/mol. The molecule has 0 fully saturated rings. The molecule has 2 rings (SSSR count). The Kier molecular flexibility index (Phi) is 5.76. The lowest BCUT2D eigenvalue weighted by Crippen LogP contribution is -2.33. The Labute approximate surface area is 137 Å². The summed E-state index contributed by atoms with van der Waals surface area (Å²) in [6.45, 7) is 0.710. The molecule has 1 amide bonds. The molecule has 0 saturated heterocycles. The number of ether oxygens (including phenoxy) is 1. The zero-order valence-corrected chi connectivity index (χ0v) is 14.1. The number of imidazole rings is 1. The summed E-state index contributed by atoms with van der Waals surface area (Å²) < 4.78 is 7.11. The van der Waals surface area contributed by atoms with E-state index in [-0.39, 0.29) is 11.9 Å². The van der Waals surface area contributed by atoms with E-state index in [1.54, 1.807) is 13.3 Å². The summed E-state index contributed by atoms with van der Waals surface area (Å²) in [6, 6.07) is 7.39. The Hall–Kier alpha value is -2.34. The number of aryl methyl sites for hydroxylation is 1. The zero-order chi connectivity index (χ0) is 16.8. The minimum absolute atomic E-state index is 0.00233. The Morgan fingerprint density at radius 2 is 2.04 bits per heavy atom. The van der Waals surface area contributed by atoms with Crippen molar-refractivity contribution in [3.05, 3.63) is 48.0 Å². The van der Waals surface area contributed by atoms with Gasteiger partial charge in [0, 0.05) is 32.4 Å². The van der Waals surface area contributed by atoms with Crippen molar-refractivity contribution < 1.29 is 9.53 Å². The summed E-state index contributed by atoms with van der Waals surface area (Å²) in [5.74, 6) is 1.59. The van der Waals surface area contributed by atoms with Crippen LogP contribution in [0, 0.1) is 0 Å². The first kappa shape index (κ1) is 17.0. The van der Waals surface area contributed by atoms with Crippen molar-refractivity contribution in [2.45, 2.75) is 12.5 Å². The van der Waals surface area contributed by atoms with Gasteiger partial charge in [0.1, 0.15) is 17.6 Å². The van der Waals surface area contributed by atoms with E-state index in [1.807, 2.05) is 61.1 Å². The molecule has 1 unspecified atom stereocenters. The molecule has 124 valence electrons. The molecule has 23 heavy (non-hydrogen) atoms. The number of rotatable bonds is 7. The molecule has 0 spiro atoms. The van der Waals surface area contributed by atoms with Crippen LogP contribution < -0.4 is 10.1 Å². The quantitative estimate of drug-likeness (QED) is 0.843. The number of amides is 1. The molecular formula is C17H24N4O2. The fourth-order valence-corrected chi connectivity index (χ4v) is 2.31. The second-order valence-electron chi connectivity index (χ2n) is 5.72. The first-order valence-corrected chi connectivity index (χ1v) is 7.56. The zero-order valence-electron chi connectivity index (χ0n) is 14.1. The van der Waals surface area contributed by atoms with Gasteiger partial charge < -0.3 is 19.5 Å². The van der Waals surface area contributed by atoms with E-state index >= 15 is 0 Å². The Bertz CT molecular complexity index is 634. The number of aromatic nitrogens is 2. The Morgan fingerprint density at radius 3 is 2.57 bits per heavy atom. The summed E-state index contributed by atoms with van der Waals surface area (Å²) in [5.41, 5.74) is 0.971. The molecule has 0 aliphatic heterocycles. The van der Waals surface area contributed by atoms with Crippen LogP contribution in [-0.4, -0.2) is 48.1 Å². The van der Waals surface area contributed by atoms with Crippen LogP contribution >= 0.6 is 0 Å². The van der Waals surface area contributed by atoms with Gasteiger partial charge in [-0.1, -0.05) is 12.1 Å². The maximum Gasteiger partial charge on any atom is 0.222 e. The van der Waals surface area contributed by atoms with Crippen molar-refractivity contribution in [2.75, 3.05) is 27.7 Å². The molecule has 6 nitrogen and oxygen atoms in total. The van der Waals surface area contributed by atoms with E-state index in [0.717, 1.165) is 17.1 Å². The fraction of sp³-hybridized carbons (Fsp3) is 0.412. The maximum atomic E-state index is 12.3. The lowest BCUT2D eigenvalue weighted by Gasteiger charge is -2.20. The SMILES string of the molecule is COc1ccc(C(NC(=O)CCN(C)C)c2nccn2C)cc1. The Balaban J connectivity index is 2.21. The number of hydrogen-bond acceptors (Lipinski definition) is 4. The van der Waals surface area contributed by atoms with Gasteiger partial charge in [0.2, 0.25) is 5.91 Å². The number of methoxy groups -OCH3 is 1. The van der Waals surface area contributed by atoms with Crippen LogP contribution in [-0.2, 0) is 11.8 Å². The molecule has 1 N–H and O–H groups in total. The topological polar surface area (TPSA) is 59.4 Å². The first-order valence-electron chi connectivity index (χ1n) is 7.56. The van der Waals surface area contributed by atoms with Crippen LogP contribution in [0.1, 0.15) is 23.9 Å². The van der Waals surface area contributed by atoms with Crippen molar-refractivity contribution >= 4 is 5.91 Å². The van der Waals surface area contributed by atoms with Gasteiger partial charge in [-0.25, -0.2) is 4.98 Å². The van der Waals surface area contributed by atoms with Gasteiger partial charge in [-0.2, -0.15) is 0 Å². The summed E-state index contributed by atoms with van der Waals surface area (Å²) in [7, 11) is 7.46. The third kappa shape index (κ3) is 4.56. The van der Waals surface area contributed by atoms with E-state index in [1.165, 1.54) is 0 Å². The van der Waals surface area contributed by atoms with Crippen LogP contribution in [0.2, 0.25) is 0 Å². The summed E-state index contributed by atoms with van der Waals surface area (Å²) in [4.78, 5) is 18.6. The fourth-order valence-electron chi connectivity index (χ4n) is 2.31.